The van der Waals surface area contributed by atoms with Gasteiger partial charge in [0.05, 0.1) is 30.2 Å². The fraction of sp³-hybridized carbons (Fsp3) is 0.611. The molecule has 0 spiro atoms. The van der Waals surface area contributed by atoms with Crippen LogP contribution in [0.15, 0.2) is 36.4 Å². The molecule has 2 aromatic carbocycles. The number of hydrogen-bond donors (Lipinski definition) is 0. The Bertz CT molecular complexity index is 1560. The molecule has 2 rings (SSSR count). The van der Waals surface area contributed by atoms with E-state index < -0.39 is 71.3 Å². The highest BCUT2D eigenvalue weighted by atomic mass is 16.9. The van der Waals surface area contributed by atoms with Gasteiger partial charge in [0, 0.05) is 20.3 Å². The van der Waals surface area contributed by atoms with Crippen LogP contribution in [0.3, 0.4) is 0 Å². The monoisotopic (exact) mass is 750 g/mol. The summed E-state index contributed by atoms with van der Waals surface area (Å²) in [5.74, 6) is -2.50. The Morgan fingerprint density at radius 3 is 2.17 bits per heavy atom. The summed E-state index contributed by atoms with van der Waals surface area (Å²) in [6.07, 6.45) is 3.17. The number of ether oxygens (including phenoxy) is 6. The summed E-state index contributed by atoms with van der Waals surface area (Å²) < 4.78 is 31.4. The minimum absolute atomic E-state index is 0.0395. The van der Waals surface area contributed by atoms with Crippen LogP contribution in [0.2, 0.25) is 0 Å². The number of rotatable bonds is 26. The molecule has 0 aliphatic heterocycles. The number of unbranched alkanes of at least 4 members (excludes halogenated alkanes) is 3. The summed E-state index contributed by atoms with van der Waals surface area (Å²) >= 11 is 0. The van der Waals surface area contributed by atoms with Crippen LogP contribution >= 0.6 is 0 Å². The number of fused-ring (bicyclic) bond motifs is 1. The molecular weight excluding hydrogens is 700 g/mol. The molecule has 0 N–H and O–H groups in total. The molecule has 0 radical (unpaired) electrons. The molecular formula is C36H50N2O15. The van der Waals surface area contributed by atoms with Gasteiger partial charge >= 0.3 is 23.6 Å². The topological polar surface area (TPSA) is 219 Å². The van der Waals surface area contributed by atoms with E-state index in [-0.39, 0.29) is 25.4 Å². The molecule has 0 amide bonds. The normalized spacial score (nSPS) is 12.7. The molecule has 2 unspecified atom stereocenters. The Kier molecular flexibility index (Phi) is 18.0. The molecule has 0 fully saturated rings. The third-order valence-corrected chi connectivity index (χ3v) is 8.07. The minimum Gasteiger partial charge on any atom is -0.480 e. The predicted molar refractivity (Wildman–Crippen MR) is 188 cm³/mol. The van der Waals surface area contributed by atoms with Gasteiger partial charge in [0.2, 0.25) is 0 Å². The van der Waals surface area contributed by atoms with Gasteiger partial charge < -0.3 is 33.3 Å². The van der Waals surface area contributed by atoms with Crippen LogP contribution in [0, 0.1) is 20.2 Å². The summed E-state index contributed by atoms with van der Waals surface area (Å²) in [5, 5.41) is 21.8. The number of nitrogens with zero attached hydrogens (tertiary/aromatic N) is 2. The number of esters is 3. The SMILES string of the molecule is CC(CCCCO[N+](=O)[O-])OC(=O)COCOC(=O)COC(=O)C(C)c1ccc2cc(OC(C)(C)C(=O)CCCCCOC(C)(C)[N+](=O)[O-])ccc2c1. The molecule has 294 valence electrons. The van der Waals surface area contributed by atoms with Crippen LogP contribution in [0.25, 0.3) is 10.8 Å². The van der Waals surface area contributed by atoms with E-state index in [1.54, 1.807) is 45.9 Å². The number of carbonyl (C=O) groups is 4. The Hall–Kier alpha value is -4.90. The third-order valence-electron chi connectivity index (χ3n) is 8.07. The number of benzene rings is 2. The highest BCUT2D eigenvalue weighted by Gasteiger charge is 2.31. The van der Waals surface area contributed by atoms with Crippen LogP contribution < -0.4 is 4.74 Å². The van der Waals surface area contributed by atoms with Crippen LogP contribution in [-0.2, 0) is 47.7 Å². The maximum atomic E-state index is 12.9. The lowest BCUT2D eigenvalue weighted by molar-refractivity contribution is -0.757. The van der Waals surface area contributed by atoms with Crippen molar-refractivity contribution in [3.63, 3.8) is 0 Å². The van der Waals surface area contributed by atoms with Gasteiger partial charge in [-0.05, 0) is 88.3 Å². The highest BCUT2D eigenvalue weighted by Crippen LogP contribution is 2.28. The van der Waals surface area contributed by atoms with E-state index in [0.717, 1.165) is 10.8 Å². The van der Waals surface area contributed by atoms with Crippen LogP contribution in [-0.4, -0.2) is 84.4 Å². The largest absolute Gasteiger partial charge is 0.480 e. The zero-order chi connectivity index (χ0) is 39.6. The van der Waals surface area contributed by atoms with Gasteiger partial charge in [0.1, 0.15) is 12.4 Å². The summed E-state index contributed by atoms with van der Waals surface area (Å²) in [5.41, 5.74) is -1.88. The summed E-state index contributed by atoms with van der Waals surface area (Å²) in [7, 11) is 0. The van der Waals surface area contributed by atoms with Gasteiger partial charge in [-0.15, -0.1) is 10.1 Å². The van der Waals surface area contributed by atoms with Gasteiger partial charge in [0.15, 0.2) is 24.8 Å². The van der Waals surface area contributed by atoms with Crippen LogP contribution in [0.4, 0.5) is 0 Å². The Morgan fingerprint density at radius 2 is 1.47 bits per heavy atom. The molecule has 0 aromatic heterocycles. The molecule has 17 nitrogen and oxygen atoms in total. The summed E-state index contributed by atoms with van der Waals surface area (Å²) in [6, 6.07) is 10.7. The van der Waals surface area contributed by atoms with Crippen molar-refractivity contribution in [2.75, 3.05) is 33.2 Å². The van der Waals surface area contributed by atoms with E-state index in [9.17, 15) is 39.4 Å². The van der Waals surface area contributed by atoms with Crippen molar-refractivity contribution in [3.05, 3.63) is 62.2 Å². The number of carbonyl (C=O) groups excluding carboxylic acids is 4. The first-order valence-electron chi connectivity index (χ1n) is 17.3. The van der Waals surface area contributed by atoms with E-state index in [1.807, 2.05) is 18.2 Å². The third kappa shape index (κ3) is 16.5. The van der Waals surface area contributed by atoms with Crippen molar-refractivity contribution < 1.29 is 62.4 Å². The molecule has 17 heteroatoms. The van der Waals surface area contributed by atoms with Crippen molar-refractivity contribution in [2.45, 2.75) is 110 Å². The second-order valence-corrected chi connectivity index (χ2v) is 13.3. The number of Topliss-reactive ketones (excluding diaryl/α,β-unsaturated/α-hetero) is 1. The van der Waals surface area contributed by atoms with E-state index in [0.29, 0.717) is 49.8 Å². The Balaban J connectivity index is 1.73. The first kappa shape index (κ1) is 44.3. The molecule has 0 saturated heterocycles. The first-order valence-corrected chi connectivity index (χ1v) is 17.3. The van der Waals surface area contributed by atoms with E-state index in [4.69, 9.17) is 28.4 Å². The Labute approximate surface area is 307 Å². The second-order valence-electron chi connectivity index (χ2n) is 13.3. The van der Waals surface area contributed by atoms with Crippen molar-refractivity contribution in [3.8, 4) is 5.75 Å². The number of nitro groups is 1. The molecule has 2 aromatic rings. The molecule has 0 aliphatic carbocycles. The second kappa shape index (κ2) is 21.6. The molecule has 53 heavy (non-hydrogen) atoms. The Morgan fingerprint density at radius 1 is 0.792 bits per heavy atom. The average molecular weight is 751 g/mol. The molecule has 0 aliphatic rings. The van der Waals surface area contributed by atoms with Gasteiger partial charge in [-0.3, -0.25) is 19.7 Å². The lowest BCUT2D eigenvalue weighted by Crippen LogP contribution is -2.38. The van der Waals surface area contributed by atoms with Gasteiger partial charge in [0.25, 0.3) is 5.09 Å². The van der Waals surface area contributed by atoms with Crippen LogP contribution in [0.1, 0.15) is 98.0 Å². The van der Waals surface area contributed by atoms with Crippen molar-refractivity contribution in [1.29, 1.82) is 0 Å². The van der Waals surface area contributed by atoms with Crippen molar-refractivity contribution in [2.24, 2.45) is 0 Å². The maximum absolute atomic E-state index is 12.9. The standard InChI is InChI=1S/C36H50N2O15/c1-25(12-9-11-19-51-38(45)46)52-33(41)22-47-24-49-32(40)23-48-34(42)26(2)27-14-15-29-21-30(17-16-28(29)20-27)53-35(3,4)31(39)13-8-7-10-18-50-36(5,6)37(43)44/h14-17,20-21,25-26H,7-13,18-19,22-24H2,1-6H3. The lowest BCUT2D eigenvalue weighted by atomic mass is 9.97. The van der Waals surface area contributed by atoms with E-state index in [1.165, 1.54) is 13.8 Å². The number of ketones is 1. The quantitative estimate of drug-likeness (QED) is 0.0284. The van der Waals surface area contributed by atoms with Gasteiger partial charge in [-0.1, -0.05) is 30.7 Å². The molecule has 2 atom stereocenters. The maximum Gasteiger partial charge on any atom is 0.346 e. The predicted octanol–water partition coefficient (Wildman–Crippen LogP) is 5.63. The van der Waals surface area contributed by atoms with Crippen molar-refractivity contribution in [1.82, 2.24) is 0 Å². The van der Waals surface area contributed by atoms with Gasteiger partial charge in [-0.25, -0.2) is 9.59 Å². The summed E-state index contributed by atoms with van der Waals surface area (Å²) in [4.78, 5) is 74.3. The summed E-state index contributed by atoms with van der Waals surface area (Å²) in [6.45, 7) is 8.00. The zero-order valence-corrected chi connectivity index (χ0v) is 31.1. The zero-order valence-electron chi connectivity index (χ0n) is 31.1. The number of hydrogen-bond acceptors (Lipinski definition) is 15. The average Bonchev–Trinajstić information content (AvgIpc) is 3.09. The highest BCUT2D eigenvalue weighted by molar-refractivity contribution is 5.89. The van der Waals surface area contributed by atoms with Crippen molar-refractivity contribution >= 4 is 34.5 Å². The first-order chi connectivity index (χ1) is 24.9. The lowest BCUT2D eigenvalue weighted by Gasteiger charge is -2.25. The minimum atomic E-state index is -1.44. The van der Waals surface area contributed by atoms with Gasteiger partial charge in [-0.2, -0.15) is 0 Å². The molecule has 0 heterocycles. The van der Waals surface area contributed by atoms with Crippen LogP contribution in [0.5, 0.6) is 5.75 Å². The van der Waals surface area contributed by atoms with E-state index >= 15 is 0 Å². The smallest absolute Gasteiger partial charge is 0.346 e. The fourth-order valence-corrected chi connectivity index (χ4v) is 4.82. The fourth-order valence-electron chi connectivity index (χ4n) is 4.82. The molecule has 0 saturated carbocycles. The van der Waals surface area contributed by atoms with E-state index in [2.05, 4.69) is 4.84 Å². The molecule has 0 bridgehead atoms.